The lowest BCUT2D eigenvalue weighted by atomic mass is 10.1. The molecule has 0 bridgehead atoms. The van der Waals surface area contributed by atoms with E-state index in [1.54, 1.807) is 0 Å². The SMILES string of the molecule is CCC1(CNS(=O)(=O)CC2CCCCN2)CC1. The number of hydrogen-bond acceptors (Lipinski definition) is 3. The highest BCUT2D eigenvalue weighted by molar-refractivity contribution is 7.89. The zero-order valence-electron chi connectivity index (χ0n) is 10.7. The largest absolute Gasteiger partial charge is 0.313 e. The molecule has 2 aliphatic rings. The number of rotatable bonds is 6. The van der Waals surface area contributed by atoms with Gasteiger partial charge < -0.3 is 5.32 Å². The molecule has 0 aromatic rings. The highest BCUT2D eigenvalue weighted by Crippen LogP contribution is 2.47. The molecule has 1 aliphatic heterocycles. The van der Waals surface area contributed by atoms with E-state index in [9.17, 15) is 8.42 Å². The Morgan fingerprint density at radius 3 is 2.65 bits per heavy atom. The quantitative estimate of drug-likeness (QED) is 0.755. The Balaban J connectivity index is 1.77. The molecule has 0 aromatic carbocycles. The number of piperidine rings is 1. The van der Waals surface area contributed by atoms with E-state index in [1.807, 2.05) is 0 Å². The molecular formula is C12H24N2O2S. The van der Waals surface area contributed by atoms with E-state index in [0.717, 1.165) is 25.8 Å². The molecule has 17 heavy (non-hydrogen) atoms. The second-order valence-electron chi connectivity index (χ2n) is 5.60. The summed E-state index contributed by atoms with van der Waals surface area (Å²) in [6.45, 7) is 3.74. The van der Waals surface area contributed by atoms with Gasteiger partial charge in [-0.3, -0.25) is 0 Å². The lowest BCUT2D eigenvalue weighted by Crippen LogP contribution is -2.43. The van der Waals surface area contributed by atoms with Gasteiger partial charge in [-0.15, -0.1) is 0 Å². The van der Waals surface area contributed by atoms with Gasteiger partial charge in [0.05, 0.1) is 5.75 Å². The molecule has 1 atom stereocenters. The van der Waals surface area contributed by atoms with E-state index < -0.39 is 10.0 Å². The minimum absolute atomic E-state index is 0.151. The van der Waals surface area contributed by atoms with Crippen molar-refractivity contribution in [3.63, 3.8) is 0 Å². The number of sulfonamides is 1. The molecule has 1 heterocycles. The molecule has 0 amide bonds. The summed E-state index contributed by atoms with van der Waals surface area (Å²) in [7, 11) is -3.10. The second kappa shape index (κ2) is 5.24. The van der Waals surface area contributed by atoms with Crippen LogP contribution in [0.25, 0.3) is 0 Å². The maximum atomic E-state index is 11.9. The van der Waals surface area contributed by atoms with Crippen LogP contribution in [0.15, 0.2) is 0 Å². The topological polar surface area (TPSA) is 58.2 Å². The van der Waals surface area contributed by atoms with Crippen molar-refractivity contribution < 1.29 is 8.42 Å². The summed E-state index contributed by atoms with van der Waals surface area (Å²) in [4.78, 5) is 0. The van der Waals surface area contributed by atoms with Gasteiger partial charge in [0, 0.05) is 12.6 Å². The van der Waals surface area contributed by atoms with Gasteiger partial charge in [0.15, 0.2) is 0 Å². The smallest absolute Gasteiger partial charge is 0.213 e. The third-order valence-corrected chi connectivity index (χ3v) is 5.63. The summed E-state index contributed by atoms with van der Waals surface area (Å²) in [5.74, 6) is 0.243. The first-order valence-corrected chi connectivity index (χ1v) is 8.41. The third-order valence-electron chi connectivity index (χ3n) is 4.21. The van der Waals surface area contributed by atoms with Crippen LogP contribution >= 0.6 is 0 Å². The standard InChI is InChI=1S/C12H24N2O2S/c1-2-12(6-7-12)10-14-17(15,16)9-11-5-3-4-8-13-11/h11,13-14H,2-10H2,1H3. The minimum Gasteiger partial charge on any atom is -0.313 e. The lowest BCUT2D eigenvalue weighted by molar-refractivity contribution is 0.419. The average molecular weight is 260 g/mol. The van der Waals surface area contributed by atoms with Crippen LogP contribution in [0, 0.1) is 5.41 Å². The molecule has 2 N–H and O–H groups in total. The predicted molar refractivity (Wildman–Crippen MR) is 69.4 cm³/mol. The maximum absolute atomic E-state index is 11.9. The Bertz CT molecular complexity index is 344. The molecule has 0 aromatic heterocycles. The van der Waals surface area contributed by atoms with Crippen molar-refractivity contribution in [2.24, 2.45) is 5.41 Å². The summed E-state index contributed by atoms with van der Waals surface area (Å²) in [5.41, 5.74) is 0.285. The Kier molecular flexibility index (Phi) is 4.10. The monoisotopic (exact) mass is 260 g/mol. The molecule has 0 radical (unpaired) electrons. The van der Waals surface area contributed by atoms with Gasteiger partial charge in [0.1, 0.15) is 0 Å². The normalized spacial score (nSPS) is 27.9. The average Bonchev–Trinajstić information content (AvgIpc) is 3.08. The van der Waals surface area contributed by atoms with Gasteiger partial charge >= 0.3 is 0 Å². The predicted octanol–water partition coefficient (Wildman–Crippen LogP) is 1.24. The van der Waals surface area contributed by atoms with E-state index in [4.69, 9.17) is 0 Å². The summed E-state index contributed by atoms with van der Waals surface area (Å²) in [6, 6.07) is 0.151. The van der Waals surface area contributed by atoms with Crippen LogP contribution in [-0.2, 0) is 10.0 Å². The van der Waals surface area contributed by atoms with Gasteiger partial charge in [-0.1, -0.05) is 13.3 Å². The van der Waals surface area contributed by atoms with Crippen LogP contribution < -0.4 is 10.0 Å². The molecule has 1 saturated carbocycles. The van der Waals surface area contributed by atoms with Crippen LogP contribution in [0.2, 0.25) is 0 Å². The van der Waals surface area contributed by atoms with Crippen molar-refractivity contribution in [3.05, 3.63) is 0 Å². The molecular weight excluding hydrogens is 236 g/mol. The third kappa shape index (κ3) is 3.93. The van der Waals surface area contributed by atoms with Gasteiger partial charge in [0.25, 0.3) is 0 Å². The fourth-order valence-corrected chi connectivity index (χ4v) is 3.94. The molecule has 2 fully saturated rings. The first kappa shape index (κ1) is 13.3. The maximum Gasteiger partial charge on any atom is 0.213 e. The van der Waals surface area contributed by atoms with Crippen molar-refractivity contribution in [3.8, 4) is 0 Å². The van der Waals surface area contributed by atoms with E-state index in [1.165, 1.54) is 19.3 Å². The van der Waals surface area contributed by atoms with Crippen molar-refractivity contribution in [2.45, 2.75) is 51.5 Å². The minimum atomic E-state index is -3.10. The van der Waals surface area contributed by atoms with E-state index in [-0.39, 0.29) is 17.2 Å². The first-order chi connectivity index (χ1) is 8.05. The molecule has 0 spiro atoms. The molecule has 4 nitrogen and oxygen atoms in total. The molecule has 5 heteroatoms. The van der Waals surface area contributed by atoms with E-state index in [2.05, 4.69) is 17.0 Å². The van der Waals surface area contributed by atoms with E-state index >= 15 is 0 Å². The van der Waals surface area contributed by atoms with Crippen LogP contribution in [0.5, 0.6) is 0 Å². The van der Waals surface area contributed by atoms with Crippen LogP contribution in [-0.4, -0.2) is 33.3 Å². The fourth-order valence-electron chi connectivity index (χ4n) is 2.49. The van der Waals surface area contributed by atoms with Gasteiger partial charge in [-0.25, -0.2) is 13.1 Å². The van der Waals surface area contributed by atoms with Crippen molar-refractivity contribution in [1.29, 1.82) is 0 Å². The Morgan fingerprint density at radius 2 is 2.12 bits per heavy atom. The van der Waals surface area contributed by atoms with Gasteiger partial charge in [0.2, 0.25) is 10.0 Å². The highest BCUT2D eigenvalue weighted by Gasteiger charge is 2.41. The van der Waals surface area contributed by atoms with Crippen LogP contribution in [0.1, 0.15) is 45.4 Å². The summed E-state index contributed by atoms with van der Waals surface area (Å²) < 4.78 is 26.7. The van der Waals surface area contributed by atoms with Gasteiger partial charge in [-0.2, -0.15) is 0 Å². The zero-order chi connectivity index (χ0) is 12.4. The van der Waals surface area contributed by atoms with E-state index in [0.29, 0.717) is 6.54 Å². The first-order valence-electron chi connectivity index (χ1n) is 6.76. The molecule has 100 valence electrons. The number of nitrogens with one attached hydrogen (secondary N) is 2. The van der Waals surface area contributed by atoms with Crippen LogP contribution in [0.3, 0.4) is 0 Å². The summed E-state index contributed by atoms with van der Waals surface area (Å²) in [5, 5.41) is 3.28. The summed E-state index contributed by atoms with van der Waals surface area (Å²) >= 11 is 0. The van der Waals surface area contributed by atoms with Crippen molar-refractivity contribution in [2.75, 3.05) is 18.8 Å². The Labute approximate surface area is 105 Å². The summed E-state index contributed by atoms with van der Waals surface area (Å²) in [6.07, 6.45) is 6.73. The fraction of sp³-hybridized carbons (Fsp3) is 1.00. The Morgan fingerprint density at radius 1 is 1.35 bits per heavy atom. The molecule has 1 aliphatic carbocycles. The highest BCUT2D eigenvalue weighted by atomic mass is 32.2. The molecule has 2 rings (SSSR count). The number of hydrogen-bond donors (Lipinski definition) is 2. The van der Waals surface area contributed by atoms with Crippen LogP contribution in [0.4, 0.5) is 0 Å². The van der Waals surface area contributed by atoms with Crippen molar-refractivity contribution in [1.82, 2.24) is 10.0 Å². The second-order valence-corrected chi connectivity index (χ2v) is 7.45. The van der Waals surface area contributed by atoms with Gasteiger partial charge in [-0.05, 0) is 44.1 Å². The molecule has 1 unspecified atom stereocenters. The molecule has 1 saturated heterocycles. The lowest BCUT2D eigenvalue weighted by Gasteiger charge is -2.23. The van der Waals surface area contributed by atoms with Crippen molar-refractivity contribution >= 4 is 10.0 Å². The Hall–Kier alpha value is -0.130. The zero-order valence-corrected chi connectivity index (χ0v) is 11.5.